The summed E-state index contributed by atoms with van der Waals surface area (Å²) in [7, 11) is 0. The van der Waals surface area contributed by atoms with Crippen LogP contribution in [0.1, 0.15) is 11.7 Å². The molecule has 0 heterocycles. The Hall–Kier alpha value is -1.40. The van der Waals surface area contributed by atoms with Crippen LogP contribution >= 0.6 is 11.6 Å². The van der Waals surface area contributed by atoms with Crippen molar-refractivity contribution in [2.24, 2.45) is 0 Å². The Bertz CT molecular complexity index is 397. The van der Waals surface area contributed by atoms with E-state index in [9.17, 15) is 18.7 Å². The second-order valence-corrected chi connectivity index (χ2v) is 3.26. The van der Waals surface area contributed by atoms with E-state index in [4.69, 9.17) is 16.7 Å². The highest BCUT2D eigenvalue weighted by molar-refractivity contribution is 6.30. The highest BCUT2D eigenvalue weighted by Crippen LogP contribution is 2.26. The molecule has 1 N–H and O–H groups in total. The Morgan fingerprint density at radius 2 is 2.06 bits per heavy atom. The minimum absolute atomic E-state index is 0.0338. The summed E-state index contributed by atoms with van der Waals surface area (Å²) in [6.07, 6.45) is -1.95. The van der Waals surface area contributed by atoms with E-state index in [0.717, 1.165) is 18.2 Å². The van der Waals surface area contributed by atoms with Crippen LogP contribution in [0.25, 0.3) is 0 Å². The van der Waals surface area contributed by atoms with E-state index in [2.05, 4.69) is 4.74 Å². The van der Waals surface area contributed by atoms with Gasteiger partial charge in [0.25, 0.3) is 0 Å². The lowest BCUT2D eigenvalue weighted by atomic mass is 10.1. The van der Waals surface area contributed by atoms with Gasteiger partial charge in [-0.2, -0.15) is 8.78 Å². The number of benzene rings is 1. The van der Waals surface area contributed by atoms with Crippen molar-refractivity contribution in [2.75, 3.05) is 0 Å². The van der Waals surface area contributed by atoms with Gasteiger partial charge in [-0.25, -0.2) is 0 Å². The fourth-order valence-corrected chi connectivity index (χ4v) is 1.28. The fourth-order valence-electron chi connectivity index (χ4n) is 1.05. The molecule has 1 aromatic rings. The van der Waals surface area contributed by atoms with Crippen LogP contribution in [-0.2, 0) is 4.79 Å². The molecule has 0 aromatic heterocycles. The minimum Gasteiger partial charge on any atom is -0.547 e. The number of hydrogen-bond donors (Lipinski definition) is 1. The number of aliphatic hydroxyl groups is 1. The SMILES string of the molecule is O=C([O-])[C@@H](O)c1cc(Cl)cc(OC(F)F)c1. The predicted molar refractivity (Wildman–Crippen MR) is 48.1 cm³/mol. The van der Waals surface area contributed by atoms with E-state index in [0.29, 0.717) is 0 Å². The molecule has 1 aromatic carbocycles. The lowest BCUT2D eigenvalue weighted by molar-refractivity contribution is -0.315. The van der Waals surface area contributed by atoms with Crippen molar-refractivity contribution in [3.05, 3.63) is 28.8 Å². The monoisotopic (exact) mass is 251 g/mol. The van der Waals surface area contributed by atoms with E-state index < -0.39 is 18.7 Å². The van der Waals surface area contributed by atoms with Crippen molar-refractivity contribution in [3.8, 4) is 5.75 Å². The summed E-state index contributed by atoms with van der Waals surface area (Å²) in [5, 5.41) is 19.4. The number of carboxylic acid groups (broad SMARTS) is 1. The van der Waals surface area contributed by atoms with Gasteiger partial charge in [0.1, 0.15) is 11.9 Å². The molecule has 7 heteroatoms. The number of carbonyl (C=O) groups is 1. The Morgan fingerprint density at radius 3 is 2.56 bits per heavy atom. The normalized spacial score (nSPS) is 12.6. The molecule has 0 unspecified atom stereocenters. The number of hydrogen-bond acceptors (Lipinski definition) is 4. The third-order valence-corrected chi connectivity index (χ3v) is 1.88. The largest absolute Gasteiger partial charge is 0.547 e. The summed E-state index contributed by atoms with van der Waals surface area (Å²) < 4.78 is 27.8. The summed E-state index contributed by atoms with van der Waals surface area (Å²) in [5.41, 5.74) is -0.192. The molecule has 0 spiro atoms. The molecule has 0 aliphatic rings. The first-order valence-corrected chi connectivity index (χ1v) is 4.42. The van der Waals surface area contributed by atoms with Crippen LogP contribution in [0, 0.1) is 0 Å². The number of carbonyl (C=O) groups excluding carboxylic acids is 1. The molecular weight excluding hydrogens is 246 g/mol. The summed E-state index contributed by atoms with van der Waals surface area (Å²) in [6.45, 7) is -3.06. The standard InChI is InChI=1S/C9H7ClF2O4/c10-5-1-4(7(13)8(14)15)2-6(3-5)16-9(11)12/h1-3,7,9,13H,(H,14,15)/p-1/t7-/m0/s1. The summed E-state index contributed by atoms with van der Waals surface area (Å²) in [6, 6.07) is 3.12. The van der Waals surface area contributed by atoms with Crippen molar-refractivity contribution >= 4 is 17.6 Å². The third-order valence-electron chi connectivity index (χ3n) is 1.66. The van der Waals surface area contributed by atoms with E-state index in [1.807, 2.05) is 0 Å². The van der Waals surface area contributed by atoms with Gasteiger partial charge in [0.2, 0.25) is 0 Å². The van der Waals surface area contributed by atoms with Gasteiger partial charge in [0, 0.05) is 5.02 Å². The summed E-state index contributed by atoms with van der Waals surface area (Å²) >= 11 is 5.53. The van der Waals surface area contributed by atoms with Crippen LogP contribution in [0.4, 0.5) is 8.78 Å². The highest BCUT2D eigenvalue weighted by Gasteiger charge is 2.13. The van der Waals surface area contributed by atoms with E-state index in [1.165, 1.54) is 0 Å². The summed E-state index contributed by atoms with van der Waals surface area (Å²) in [5.74, 6) is -2.09. The van der Waals surface area contributed by atoms with Gasteiger partial charge < -0.3 is 19.7 Å². The van der Waals surface area contributed by atoms with Crippen LogP contribution in [0.3, 0.4) is 0 Å². The molecule has 0 radical (unpaired) electrons. The van der Waals surface area contributed by atoms with Crippen molar-refractivity contribution in [3.63, 3.8) is 0 Å². The van der Waals surface area contributed by atoms with Gasteiger partial charge in [-0.05, 0) is 23.8 Å². The van der Waals surface area contributed by atoms with E-state index in [1.54, 1.807) is 0 Å². The first-order valence-electron chi connectivity index (χ1n) is 4.04. The quantitative estimate of drug-likeness (QED) is 0.856. The van der Waals surface area contributed by atoms with Crippen LogP contribution in [-0.4, -0.2) is 17.7 Å². The Balaban J connectivity index is 3.02. The molecule has 0 bridgehead atoms. The Kier molecular flexibility index (Phi) is 4.03. The number of rotatable bonds is 4. The minimum atomic E-state index is -3.06. The molecule has 0 fully saturated rings. The predicted octanol–water partition coefficient (Wildman–Crippen LogP) is 0.725. The van der Waals surface area contributed by atoms with Gasteiger partial charge in [-0.1, -0.05) is 11.6 Å². The van der Waals surface area contributed by atoms with Crippen LogP contribution < -0.4 is 9.84 Å². The highest BCUT2D eigenvalue weighted by atomic mass is 35.5. The topological polar surface area (TPSA) is 69.6 Å². The van der Waals surface area contributed by atoms with E-state index in [-0.39, 0.29) is 16.3 Å². The molecule has 1 rings (SSSR count). The zero-order valence-electron chi connectivity index (χ0n) is 7.69. The molecule has 0 amide bonds. The van der Waals surface area contributed by atoms with Crippen molar-refractivity contribution in [1.82, 2.24) is 0 Å². The van der Waals surface area contributed by atoms with Gasteiger partial charge in [-0.3, -0.25) is 0 Å². The second kappa shape index (κ2) is 5.09. The van der Waals surface area contributed by atoms with Gasteiger partial charge >= 0.3 is 6.61 Å². The van der Waals surface area contributed by atoms with Crippen LogP contribution in [0.2, 0.25) is 5.02 Å². The van der Waals surface area contributed by atoms with Crippen molar-refractivity contribution < 1.29 is 28.5 Å². The van der Waals surface area contributed by atoms with Crippen molar-refractivity contribution in [1.29, 1.82) is 0 Å². The average Bonchev–Trinajstić information content (AvgIpc) is 2.14. The van der Waals surface area contributed by atoms with Crippen LogP contribution in [0.15, 0.2) is 18.2 Å². The molecule has 1 atom stereocenters. The maximum absolute atomic E-state index is 11.9. The van der Waals surface area contributed by atoms with Crippen LogP contribution in [0.5, 0.6) is 5.75 Å². The molecule has 0 aliphatic carbocycles. The maximum Gasteiger partial charge on any atom is 0.387 e. The lowest BCUT2D eigenvalue weighted by Gasteiger charge is -2.13. The Labute approximate surface area is 94.0 Å². The molecular formula is C9H6ClF2O4-. The van der Waals surface area contributed by atoms with Gasteiger partial charge in [0.15, 0.2) is 0 Å². The Morgan fingerprint density at radius 1 is 1.44 bits per heavy atom. The van der Waals surface area contributed by atoms with E-state index >= 15 is 0 Å². The fraction of sp³-hybridized carbons (Fsp3) is 0.222. The number of halogens is 3. The number of alkyl halides is 2. The number of carboxylic acids is 1. The van der Waals surface area contributed by atoms with Gasteiger partial charge in [-0.15, -0.1) is 0 Å². The number of aliphatic hydroxyl groups excluding tert-OH is 1. The second-order valence-electron chi connectivity index (χ2n) is 2.82. The number of ether oxygens (including phenoxy) is 1. The maximum atomic E-state index is 11.9. The first kappa shape index (κ1) is 12.7. The summed E-state index contributed by atoms with van der Waals surface area (Å²) in [4.78, 5) is 10.4. The molecule has 88 valence electrons. The molecule has 0 saturated heterocycles. The molecule has 16 heavy (non-hydrogen) atoms. The van der Waals surface area contributed by atoms with Crippen molar-refractivity contribution in [2.45, 2.75) is 12.7 Å². The average molecular weight is 252 g/mol. The third kappa shape index (κ3) is 3.32. The first-order chi connectivity index (χ1) is 7.40. The molecule has 4 nitrogen and oxygen atoms in total. The van der Waals surface area contributed by atoms with Gasteiger partial charge in [0.05, 0.1) is 5.97 Å². The molecule has 0 aliphatic heterocycles. The smallest absolute Gasteiger partial charge is 0.387 e. The zero-order chi connectivity index (χ0) is 12.3. The number of aliphatic carboxylic acids is 1. The molecule has 0 saturated carbocycles. The zero-order valence-corrected chi connectivity index (χ0v) is 8.45. The lowest BCUT2D eigenvalue weighted by Crippen LogP contribution is -2.29.